The van der Waals surface area contributed by atoms with Gasteiger partial charge in [0, 0.05) is 5.69 Å². The van der Waals surface area contributed by atoms with Crippen molar-refractivity contribution >= 4 is 49.5 Å². The highest BCUT2D eigenvalue weighted by Crippen LogP contribution is 2.35. The van der Waals surface area contributed by atoms with E-state index in [2.05, 4.69) is 37.2 Å². The lowest BCUT2D eigenvalue weighted by Crippen LogP contribution is -2.13. The molecule has 0 bridgehead atoms. The number of amides is 1. The summed E-state index contributed by atoms with van der Waals surface area (Å²) >= 11 is 6.74. The van der Waals surface area contributed by atoms with Crippen LogP contribution in [0, 0.1) is 36.5 Å². The van der Waals surface area contributed by atoms with Crippen molar-refractivity contribution in [3.05, 3.63) is 61.5 Å². The van der Waals surface area contributed by atoms with Gasteiger partial charge in [-0.1, -0.05) is 6.07 Å². The molecule has 2 aromatic rings. The Balaban J connectivity index is 2.27. The Hall–Kier alpha value is -2.61. The minimum absolute atomic E-state index is 0.0299. The number of hydrogen-bond donors (Lipinski definition) is 1. The Bertz CT molecular complexity index is 978. The number of nitriles is 2. The average molecular weight is 489 g/mol. The van der Waals surface area contributed by atoms with E-state index in [4.69, 9.17) is 10.00 Å². The summed E-state index contributed by atoms with van der Waals surface area (Å²) in [7, 11) is 0. The molecule has 7 heteroatoms. The number of nitrogens with one attached hydrogen (secondary N) is 1. The third-order valence-corrected chi connectivity index (χ3v) is 4.92. The lowest BCUT2D eigenvalue weighted by atomic mass is 10.1. The zero-order chi connectivity index (χ0) is 20.0. The molecule has 27 heavy (non-hydrogen) atoms. The van der Waals surface area contributed by atoms with Gasteiger partial charge < -0.3 is 10.1 Å². The highest BCUT2D eigenvalue weighted by molar-refractivity contribution is 9.11. The van der Waals surface area contributed by atoms with Crippen LogP contribution < -0.4 is 10.1 Å². The van der Waals surface area contributed by atoms with Crippen LogP contribution in [0.2, 0.25) is 0 Å². The van der Waals surface area contributed by atoms with Gasteiger partial charge in [0.25, 0.3) is 5.91 Å². The Morgan fingerprint density at radius 3 is 2.37 bits per heavy atom. The summed E-state index contributed by atoms with van der Waals surface area (Å²) in [5, 5.41) is 20.8. The maximum Gasteiger partial charge on any atom is 0.266 e. The fraction of sp³-hybridized carbons (Fsp3) is 0.150. The first kappa shape index (κ1) is 20.7. The molecular formula is C20H15Br2N3O2. The van der Waals surface area contributed by atoms with Crippen LogP contribution in [0.15, 0.2) is 44.9 Å². The number of halogens is 2. The molecule has 0 heterocycles. The summed E-state index contributed by atoms with van der Waals surface area (Å²) in [5.41, 5.74) is 3.41. The summed E-state index contributed by atoms with van der Waals surface area (Å²) in [6.07, 6.45) is 1.49. The summed E-state index contributed by atoms with van der Waals surface area (Å²) in [6, 6.07) is 12.8. The van der Waals surface area contributed by atoms with Crippen LogP contribution in [-0.4, -0.2) is 12.5 Å². The second kappa shape index (κ2) is 9.36. The standard InChI is InChI=1S/C20H15Br2N3O2/c1-12-3-4-16(7-13(12)2)25-20(26)15(11-24)8-14-9-17(21)19(18(22)10-14)27-6-5-23/h3-4,7-10H,6H2,1-2H3,(H,25,26)/b15-8+. The summed E-state index contributed by atoms with van der Waals surface area (Å²) in [4.78, 5) is 12.4. The molecule has 0 atom stereocenters. The number of benzene rings is 2. The highest BCUT2D eigenvalue weighted by atomic mass is 79.9. The van der Waals surface area contributed by atoms with Gasteiger partial charge in [0.15, 0.2) is 6.61 Å². The van der Waals surface area contributed by atoms with E-state index in [0.29, 0.717) is 25.9 Å². The average Bonchev–Trinajstić information content (AvgIpc) is 2.62. The second-order valence-corrected chi connectivity index (χ2v) is 7.39. The fourth-order valence-corrected chi connectivity index (χ4v) is 3.69. The first-order chi connectivity index (χ1) is 12.8. The minimum atomic E-state index is -0.488. The predicted molar refractivity (Wildman–Crippen MR) is 111 cm³/mol. The molecule has 0 aromatic heterocycles. The number of rotatable bonds is 5. The van der Waals surface area contributed by atoms with E-state index in [0.717, 1.165) is 11.1 Å². The second-order valence-electron chi connectivity index (χ2n) is 5.68. The van der Waals surface area contributed by atoms with E-state index in [1.807, 2.05) is 38.1 Å². The van der Waals surface area contributed by atoms with E-state index in [1.165, 1.54) is 6.08 Å². The summed E-state index contributed by atoms with van der Waals surface area (Å²) in [6.45, 7) is 3.85. The SMILES string of the molecule is Cc1ccc(NC(=O)/C(C#N)=C/c2cc(Br)c(OCC#N)c(Br)c2)cc1C. The topological polar surface area (TPSA) is 85.9 Å². The van der Waals surface area contributed by atoms with Gasteiger partial charge in [-0.15, -0.1) is 0 Å². The molecule has 2 rings (SSSR count). The van der Waals surface area contributed by atoms with Crippen molar-refractivity contribution in [3.63, 3.8) is 0 Å². The van der Waals surface area contributed by atoms with Gasteiger partial charge in [0.1, 0.15) is 23.5 Å². The molecule has 1 N–H and O–H groups in total. The molecule has 0 spiro atoms. The molecule has 0 radical (unpaired) electrons. The Morgan fingerprint density at radius 1 is 1.15 bits per heavy atom. The van der Waals surface area contributed by atoms with Crippen LogP contribution in [0.1, 0.15) is 16.7 Å². The van der Waals surface area contributed by atoms with E-state index >= 15 is 0 Å². The zero-order valence-electron chi connectivity index (χ0n) is 14.6. The molecule has 2 aromatic carbocycles. The van der Waals surface area contributed by atoms with Gasteiger partial charge in [-0.2, -0.15) is 10.5 Å². The lowest BCUT2D eigenvalue weighted by Gasteiger charge is -2.09. The molecule has 0 unspecified atom stereocenters. The maximum absolute atomic E-state index is 12.4. The normalized spacial score (nSPS) is 10.7. The number of hydrogen-bond acceptors (Lipinski definition) is 4. The molecule has 1 amide bonds. The smallest absolute Gasteiger partial charge is 0.266 e. The highest BCUT2D eigenvalue weighted by Gasteiger charge is 2.13. The predicted octanol–water partition coefficient (Wildman–Crippen LogP) is 5.28. The molecule has 136 valence electrons. The Kier molecular flexibility index (Phi) is 7.18. The molecular weight excluding hydrogens is 474 g/mol. The van der Waals surface area contributed by atoms with Crippen molar-refractivity contribution in [1.29, 1.82) is 10.5 Å². The van der Waals surface area contributed by atoms with Crippen molar-refractivity contribution < 1.29 is 9.53 Å². The number of nitrogens with zero attached hydrogens (tertiary/aromatic N) is 2. The van der Waals surface area contributed by atoms with Crippen LogP contribution in [0.5, 0.6) is 5.75 Å². The van der Waals surface area contributed by atoms with Crippen molar-refractivity contribution in [2.75, 3.05) is 11.9 Å². The van der Waals surface area contributed by atoms with Gasteiger partial charge in [-0.05, 0) is 92.7 Å². The van der Waals surface area contributed by atoms with Crippen molar-refractivity contribution in [2.45, 2.75) is 13.8 Å². The van der Waals surface area contributed by atoms with Gasteiger partial charge in [0.2, 0.25) is 0 Å². The van der Waals surface area contributed by atoms with Crippen LogP contribution in [0.4, 0.5) is 5.69 Å². The molecule has 0 aliphatic rings. The van der Waals surface area contributed by atoms with Crippen LogP contribution in [0.25, 0.3) is 6.08 Å². The zero-order valence-corrected chi connectivity index (χ0v) is 17.8. The Labute approximate surface area is 174 Å². The van der Waals surface area contributed by atoms with Gasteiger partial charge in [0.05, 0.1) is 8.95 Å². The molecule has 0 saturated carbocycles. The third kappa shape index (κ3) is 5.43. The number of carbonyl (C=O) groups excluding carboxylic acids is 1. The van der Waals surface area contributed by atoms with E-state index in [1.54, 1.807) is 18.2 Å². The van der Waals surface area contributed by atoms with Gasteiger partial charge in [-0.25, -0.2) is 0 Å². The summed E-state index contributed by atoms with van der Waals surface area (Å²) in [5.74, 6) is -0.00963. The first-order valence-electron chi connectivity index (χ1n) is 7.85. The van der Waals surface area contributed by atoms with E-state index in [9.17, 15) is 10.1 Å². The van der Waals surface area contributed by atoms with Gasteiger partial charge >= 0.3 is 0 Å². The van der Waals surface area contributed by atoms with Gasteiger partial charge in [-0.3, -0.25) is 4.79 Å². The minimum Gasteiger partial charge on any atom is -0.476 e. The Morgan fingerprint density at radius 2 is 1.81 bits per heavy atom. The first-order valence-corrected chi connectivity index (χ1v) is 9.43. The van der Waals surface area contributed by atoms with E-state index in [-0.39, 0.29) is 12.2 Å². The van der Waals surface area contributed by atoms with Crippen LogP contribution in [0.3, 0.4) is 0 Å². The van der Waals surface area contributed by atoms with Crippen LogP contribution >= 0.6 is 31.9 Å². The maximum atomic E-state index is 12.4. The molecule has 0 aliphatic heterocycles. The largest absolute Gasteiger partial charge is 0.476 e. The molecule has 0 aliphatic carbocycles. The number of anilines is 1. The molecule has 0 saturated heterocycles. The number of carbonyl (C=O) groups is 1. The molecule has 5 nitrogen and oxygen atoms in total. The number of ether oxygens (including phenoxy) is 1. The van der Waals surface area contributed by atoms with Crippen LogP contribution in [-0.2, 0) is 4.79 Å². The van der Waals surface area contributed by atoms with Crippen molar-refractivity contribution in [2.24, 2.45) is 0 Å². The van der Waals surface area contributed by atoms with Crippen molar-refractivity contribution in [3.8, 4) is 17.9 Å². The monoisotopic (exact) mass is 487 g/mol. The van der Waals surface area contributed by atoms with E-state index < -0.39 is 5.91 Å². The molecule has 0 fully saturated rings. The van der Waals surface area contributed by atoms with Crippen molar-refractivity contribution in [1.82, 2.24) is 0 Å². The lowest BCUT2D eigenvalue weighted by molar-refractivity contribution is -0.112. The summed E-state index contributed by atoms with van der Waals surface area (Å²) < 4.78 is 6.53. The third-order valence-electron chi connectivity index (χ3n) is 3.74. The number of aryl methyl sites for hydroxylation is 2. The quantitative estimate of drug-likeness (QED) is 0.458. The fourth-order valence-electron chi connectivity index (χ4n) is 2.24.